The van der Waals surface area contributed by atoms with Gasteiger partial charge < -0.3 is 0 Å². The zero-order valence-electron chi connectivity index (χ0n) is 10.5. The molecule has 4 atom stereocenters. The minimum Gasteiger partial charge on any atom is -0.0990 e. The first-order chi connectivity index (χ1) is 6.97. The molecule has 3 saturated carbocycles. The van der Waals surface area contributed by atoms with Gasteiger partial charge in [0.25, 0.3) is 0 Å². The first-order valence-corrected chi connectivity index (χ1v) is 6.66. The number of allylic oxidation sites excluding steroid dienone is 1. The molecular formula is C15H24. The third kappa shape index (κ3) is 1.04. The summed E-state index contributed by atoms with van der Waals surface area (Å²) in [6.45, 7) is 12.0. The molecule has 0 aromatic carbocycles. The summed E-state index contributed by atoms with van der Waals surface area (Å²) in [6.07, 6.45) is 7.18. The summed E-state index contributed by atoms with van der Waals surface area (Å²) in [6, 6.07) is 0. The second-order valence-corrected chi connectivity index (χ2v) is 7.10. The smallest absolute Gasteiger partial charge is 0.00849 e. The molecule has 0 radical (unpaired) electrons. The van der Waals surface area contributed by atoms with E-state index < -0.39 is 0 Å². The second kappa shape index (κ2) is 2.70. The van der Waals surface area contributed by atoms with Gasteiger partial charge >= 0.3 is 0 Å². The van der Waals surface area contributed by atoms with E-state index >= 15 is 0 Å². The Kier molecular flexibility index (Phi) is 1.79. The van der Waals surface area contributed by atoms with Crippen LogP contribution in [0.4, 0.5) is 0 Å². The van der Waals surface area contributed by atoms with Crippen LogP contribution in [0.2, 0.25) is 0 Å². The molecule has 0 heteroatoms. The molecule has 0 aromatic rings. The van der Waals surface area contributed by atoms with Gasteiger partial charge in [-0.25, -0.2) is 0 Å². The summed E-state index contributed by atoms with van der Waals surface area (Å²) in [7, 11) is 0. The number of hydrogen-bond donors (Lipinski definition) is 0. The molecule has 3 rings (SSSR count). The maximum absolute atomic E-state index is 4.46. The van der Waals surface area contributed by atoms with Crippen LogP contribution in [0.3, 0.4) is 0 Å². The lowest BCUT2D eigenvalue weighted by Gasteiger charge is -2.35. The van der Waals surface area contributed by atoms with E-state index in [1.165, 1.54) is 32.1 Å². The average molecular weight is 204 g/mol. The van der Waals surface area contributed by atoms with Crippen LogP contribution in [0.1, 0.15) is 52.9 Å². The van der Waals surface area contributed by atoms with E-state index in [9.17, 15) is 0 Å². The van der Waals surface area contributed by atoms with Gasteiger partial charge in [-0.2, -0.15) is 0 Å². The Bertz CT molecular complexity index is 312. The van der Waals surface area contributed by atoms with Crippen molar-refractivity contribution in [1.82, 2.24) is 0 Å². The van der Waals surface area contributed by atoms with Gasteiger partial charge in [0.05, 0.1) is 0 Å². The fraction of sp³-hybridized carbons (Fsp3) is 0.867. The standard InChI is InChI=1S/C15H24/c1-10-11-6-7-12-13(11)14(2,3)8-5-9-15(10,12)4/h11-13H,1,5-9H2,2-4H3/t11-,12-,13?,15?/m1/s1. The Morgan fingerprint density at radius 1 is 1.13 bits per heavy atom. The second-order valence-electron chi connectivity index (χ2n) is 7.10. The molecule has 3 aliphatic rings. The summed E-state index contributed by atoms with van der Waals surface area (Å²) in [5.74, 6) is 2.79. The minimum atomic E-state index is 0.515. The monoisotopic (exact) mass is 204 g/mol. The Morgan fingerprint density at radius 3 is 2.60 bits per heavy atom. The normalized spacial score (nSPS) is 51.9. The topological polar surface area (TPSA) is 0 Å². The van der Waals surface area contributed by atoms with Gasteiger partial charge in [0.1, 0.15) is 0 Å². The molecule has 0 N–H and O–H groups in total. The molecule has 3 fully saturated rings. The van der Waals surface area contributed by atoms with Crippen LogP contribution in [0.25, 0.3) is 0 Å². The minimum absolute atomic E-state index is 0.515. The van der Waals surface area contributed by atoms with Crippen molar-refractivity contribution in [3.05, 3.63) is 12.2 Å². The molecule has 84 valence electrons. The third-order valence-corrected chi connectivity index (χ3v) is 6.07. The maximum Gasteiger partial charge on any atom is -0.00849 e. The predicted octanol–water partition coefficient (Wildman–Crippen LogP) is 4.42. The number of rotatable bonds is 0. The summed E-state index contributed by atoms with van der Waals surface area (Å²) >= 11 is 0. The zero-order chi connectivity index (χ0) is 10.8. The predicted molar refractivity (Wildman–Crippen MR) is 64.6 cm³/mol. The van der Waals surface area contributed by atoms with Gasteiger partial charge in [-0.05, 0) is 54.3 Å². The third-order valence-electron chi connectivity index (χ3n) is 6.07. The lowest BCUT2D eigenvalue weighted by atomic mass is 9.69. The highest BCUT2D eigenvalue weighted by Crippen LogP contribution is 2.70. The fourth-order valence-corrected chi connectivity index (χ4v) is 5.28. The highest BCUT2D eigenvalue weighted by Gasteiger charge is 2.61. The molecule has 0 saturated heterocycles. The molecule has 4 bridgehead atoms. The molecule has 3 aliphatic carbocycles. The van der Waals surface area contributed by atoms with Crippen molar-refractivity contribution in [2.24, 2.45) is 28.6 Å². The summed E-state index contributed by atoms with van der Waals surface area (Å²) < 4.78 is 0. The lowest BCUT2D eigenvalue weighted by molar-refractivity contribution is 0.141. The van der Waals surface area contributed by atoms with E-state index in [0.29, 0.717) is 10.8 Å². The van der Waals surface area contributed by atoms with Crippen LogP contribution >= 0.6 is 0 Å². The Morgan fingerprint density at radius 2 is 1.87 bits per heavy atom. The first kappa shape index (κ1) is 9.93. The van der Waals surface area contributed by atoms with E-state index in [0.717, 1.165) is 17.8 Å². The molecule has 0 spiro atoms. The Labute approximate surface area is 94.1 Å². The SMILES string of the molecule is C=C1[C@H]2CC[C@@H]3C2C(C)(C)CCCC13C. The highest BCUT2D eigenvalue weighted by molar-refractivity contribution is 5.29. The van der Waals surface area contributed by atoms with Crippen molar-refractivity contribution in [3.63, 3.8) is 0 Å². The van der Waals surface area contributed by atoms with E-state index in [-0.39, 0.29) is 0 Å². The van der Waals surface area contributed by atoms with Gasteiger partial charge in [-0.3, -0.25) is 0 Å². The van der Waals surface area contributed by atoms with Crippen LogP contribution in [-0.2, 0) is 0 Å². The summed E-state index contributed by atoms with van der Waals surface area (Å²) in [4.78, 5) is 0. The van der Waals surface area contributed by atoms with Gasteiger partial charge in [-0.15, -0.1) is 0 Å². The van der Waals surface area contributed by atoms with Crippen LogP contribution in [0, 0.1) is 28.6 Å². The largest absolute Gasteiger partial charge is 0.0990 e. The summed E-state index contributed by atoms with van der Waals surface area (Å²) in [5.41, 5.74) is 2.71. The molecule has 0 amide bonds. The van der Waals surface area contributed by atoms with Crippen LogP contribution in [0.5, 0.6) is 0 Å². The van der Waals surface area contributed by atoms with E-state index in [2.05, 4.69) is 27.4 Å². The Balaban J connectivity index is 2.10. The molecule has 0 nitrogen and oxygen atoms in total. The average Bonchev–Trinajstić information content (AvgIpc) is 2.63. The van der Waals surface area contributed by atoms with Crippen LogP contribution in [-0.4, -0.2) is 0 Å². The van der Waals surface area contributed by atoms with Gasteiger partial charge in [0, 0.05) is 0 Å². The van der Waals surface area contributed by atoms with Crippen molar-refractivity contribution in [2.75, 3.05) is 0 Å². The quantitative estimate of drug-likeness (QED) is 0.513. The van der Waals surface area contributed by atoms with E-state index in [1.54, 1.807) is 5.57 Å². The highest BCUT2D eigenvalue weighted by atomic mass is 14.7. The van der Waals surface area contributed by atoms with Gasteiger partial charge in [0.2, 0.25) is 0 Å². The molecule has 0 heterocycles. The fourth-order valence-electron chi connectivity index (χ4n) is 5.28. The van der Waals surface area contributed by atoms with Crippen LogP contribution < -0.4 is 0 Å². The van der Waals surface area contributed by atoms with E-state index in [4.69, 9.17) is 0 Å². The molecule has 0 aliphatic heterocycles. The first-order valence-electron chi connectivity index (χ1n) is 6.66. The zero-order valence-corrected chi connectivity index (χ0v) is 10.5. The van der Waals surface area contributed by atoms with E-state index in [1.807, 2.05) is 0 Å². The lowest BCUT2D eigenvalue weighted by Crippen LogP contribution is -2.28. The molecule has 15 heavy (non-hydrogen) atoms. The number of hydrogen-bond acceptors (Lipinski definition) is 0. The van der Waals surface area contributed by atoms with Crippen molar-refractivity contribution < 1.29 is 0 Å². The Hall–Kier alpha value is -0.260. The van der Waals surface area contributed by atoms with Gasteiger partial charge in [-0.1, -0.05) is 39.3 Å². The van der Waals surface area contributed by atoms with Crippen molar-refractivity contribution >= 4 is 0 Å². The summed E-state index contributed by atoms with van der Waals surface area (Å²) in [5, 5.41) is 0. The molecule has 0 aromatic heterocycles. The van der Waals surface area contributed by atoms with Crippen molar-refractivity contribution in [3.8, 4) is 0 Å². The van der Waals surface area contributed by atoms with Crippen molar-refractivity contribution in [2.45, 2.75) is 52.9 Å². The maximum atomic E-state index is 4.46. The van der Waals surface area contributed by atoms with Crippen molar-refractivity contribution in [1.29, 1.82) is 0 Å². The van der Waals surface area contributed by atoms with Gasteiger partial charge in [0.15, 0.2) is 0 Å². The van der Waals surface area contributed by atoms with Crippen LogP contribution in [0.15, 0.2) is 12.2 Å². The molecular weight excluding hydrogens is 180 g/mol. The molecule has 2 unspecified atom stereocenters.